The quantitative estimate of drug-likeness (QED) is 0.760. The van der Waals surface area contributed by atoms with Crippen molar-refractivity contribution in [3.05, 3.63) is 23.6 Å². The van der Waals surface area contributed by atoms with Gasteiger partial charge in [0.15, 0.2) is 0 Å². The van der Waals surface area contributed by atoms with Gasteiger partial charge in [-0.15, -0.1) is 0 Å². The molecule has 2 aromatic rings. The molecule has 1 fully saturated rings. The van der Waals surface area contributed by atoms with E-state index in [-0.39, 0.29) is 12.1 Å². The van der Waals surface area contributed by atoms with Crippen molar-refractivity contribution in [2.75, 3.05) is 13.1 Å². The number of hydrogen-bond acceptors (Lipinski definition) is 4. The molecule has 0 radical (unpaired) electrons. The number of nitrogens with zero attached hydrogens (tertiary/aromatic N) is 4. The maximum atomic E-state index is 11.9. The minimum Gasteiger partial charge on any atom is -0.444 e. The summed E-state index contributed by atoms with van der Waals surface area (Å²) in [6.07, 6.45) is 3.18. The topological polar surface area (TPSA) is 60.2 Å². The Hall–Kier alpha value is -1.82. The molecular formula is C14H17ClN4O2. The third-order valence-electron chi connectivity index (χ3n) is 3.31. The number of hydrogen-bond donors (Lipinski definition) is 0. The number of aromatic nitrogens is 3. The normalized spacial score (nSPS) is 16.1. The van der Waals surface area contributed by atoms with Gasteiger partial charge < -0.3 is 9.64 Å². The Bertz CT molecular complexity index is 686. The Morgan fingerprint density at radius 2 is 2.10 bits per heavy atom. The third kappa shape index (κ3) is 2.81. The molecule has 3 heterocycles. The van der Waals surface area contributed by atoms with E-state index in [0.717, 1.165) is 10.9 Å². The first-order chi connectivity index (χ1) is 9.83. The van der Waals surface area contributed by atoms with Gasteiger partial charge in [0.05, 0.1) is 17.8 Å². The molecule has 0 bridgehead atoms. The van der Waals surface area contributed by atoms with E-state index in [1.807, 2.05) is 25.5 Å². The second-order valence-electron chi connectivity index (χ2n) is 6.19. The number of rotatable bonds is 1. The summed E-state index contributed by atoms with van der Waals surface area (Å²) in [4.78, 5) is 17.6. The van der Waals surface area contributed by atoms with Gasteiger partial charge in [-0.05, 0) is 20.8 Å². The maximum absolute atomic E-state index is 11.9. The SMILES string of the molecule is CC(C)(C)OC(=O)N1CC(n2ncc3cnc(Cl)cc32)C1. The van der Waals surface area contributed by atoms with Gasteiger partial charge in [0, 0.05) is 30.7 Å². The van der Waals surface area contributed by atoms with E-state index in [9.17, 15) is 4.79 Å². The summed E-state index contributed by atoms with van der Waals surface area (Å²) in [6.45, 7) is 6.76. The van der Waals surface area contributed by atoms with Gasteiger partial charge in [-0.25, -0.2) is 9.78 Å². The maximum Gasteiger partial charge on any atom is 0.410 e. The van der Waals surface area contributed by atoms with Crippen molar-refractivity contribution in [3.8, 4) is 0 Å². The molecule has 1 aliphatic rings. The standard InChI is InChI=1S/C14H17ClN4O2/c1-14(2,3)21-13(20)18-7-10(8-18)19-11-4-12(15)16-5-9(11)6-17-19/h4-6,10H,7-8H2,1-3H3. The van der Waals surface area contributed by atoms with E-state index in [4.69, 9.17) is 16.3 Å². The largest absolute Gasteiger partial charge is 0.444 e. The molecule has 0 aliphatic carbocycles. The van der Waals surface area contributed by atoms with Crippen LogP contribution in [0.3, 0.4) is 0 Å². The Labute approximate surface area is 127 Å². The molecule has 0 atom stereocenters. The highest BCUT2D eigenvalue weighted by Gasteiger charge is 2.35. The predicted octanol–water partition coefficient (Wildman–Crippen LogP) is 2.88. The zero-order chi connectivity index (χ0) is 15.2. The van der Waals surface area contributed by atoms with Crippen LogP contribution >= 0.6 is 11.6 Å². The van der Waals surface area contributed by atoms with Gasteiger partial charge in [0.1, 0.15) is 10.8 Å². The van der Waals surface area contributed by atoms with Crippen molar-refractivity contribution in [2.45, 2.75) is 32.4 Å². The summed E-state index contributed by atoms with van der Waals surface area (Å²) < 4.78 is 7.23. The van der Waals surface area contributed by atoms with Crippen molar-refractivity contribution in [1.29, 1.82) is 0 Å². The molecule has 3 rings (SSSR count). The van der Waals surface area contributed by atoms with Crippen LogP contribution in [0.4, 0.5) is 4.79 Å². The molecular weight excluding hydrogens is 292 g/mol. The van der Waals surface area contributed by atoms with Crippen molar-refractivity contribution in [2.24, 2.45) is 0 Å². The molecule has 0 spiro atoms. The average Bonchev–Trinajstić information content (AvgIpc) is 2.68. The number of fused-ring (bicyclic) bond motifs is 1. The zero-order valence-electron chi connectivity index (χ0n) is 12.2. The van der Waals surface area contributed by atoms with Gasteiger partial charge in [0.2, 0.25) is 0 Å². The molecule has 0 unspecified atom stereocenters. The Balaban J connectivity index is 1.70. The lowest BCUT2D eigenvalue weighted by atomic mass is 10.1. The van der Waals surface area contributed by atoms with E-state index >= 15 is 0 Å². The minimum absolute atomic E-state index is 0.147. The summed E-state index contributed by atoms with van der Waals surface area (Å²) in [5.41, 5.74) is 0.462. The Morgan fingerprint density at radius 3 is 2.76 bits per heavy atom. The van der Waals surface area contributed by atoms with Crippen molar-refractivity contribution < 1.29 is 9.53 Å². The van der Waals surface area contributed by atoms with Crippen LogP contribution in [-0.2, 0) is 4.74 Å². The van der Waals surface area contributed by atoms with Gasteiger partial charge in [-0.1, -0.05) is 11.6 Å². The molecule has 0 N–H and O–H groups in total. The van der Waals surface area contributed by atoms with Crippen molar-refractivity contribution in [3.63, 3.8) is 0 Å². The van der Waals surface area contributed by atoms with Crippen LogP contribution < -0.4 is 0 Å². The summed E-state index contributed by atoms with van der Waals surface area (Å²) in [5.74, 6) is 0. The fourth-order valence-electron chi connectivity index (χ4n) is 2.29. The lowest BCUT2D eigenvalue weighted by Gasteiger charge is -2.39. The van der Waals surface area contributed by atoms with Crippen LogP contribution in [0, 0.1) is 0 Å². The molecule has 1 amide bonds. The summed E-state index contributed by atoms with van der Waals surface area (Å²) in [6, 6.07) is 1.94. The highest BCUT2D eigenvalue weighted by atomic mass is 35.5. The lowest BCUT2D eigenvalue weighted by molar-refractivity contribution is 0.000159. The second kappa shape index (κ2) is 4.87. The van der Waals surface area contributed by atoms with E-state index in [1.165, 1.54) is 0 Å². The number of pyridine rings is 1. The fraction of sp³-hybridized carbons (Fsp3) is 0.500. The van der Waals surface area contributed by atoms with Crippen LogP contribution in [0.15, 0.2) is 18.5 Å². The Kier molecular flexibility index (Phi) is 3.28. The number of amides is 1. The van der Waals surface area contributed by atoms with Gasteiger partial charge >= 0.3 is 6.09 Å². The van der Waals surface area contributed by atoms with E-state index < -0.39 is 5.60 Å². The molecule has 21 heavy (non-hydrogen) atoms. The predicted molar refractivity (Wildman–Crippen MR) is 79.4 cm³/mol. The van der Waals surface area contributed by atoms with Crippen LogP contribution in [-0.4, -0.2) is 44.4 Å². The molecule has 1 saturated heterocycles. The smallest absolute Gasteiger partial charge is 0.410 e. The first-order valence-corrected chi connectivity index (χ1v) is 7.18. The van der Waals surface area contributed by atoms with Crippen molar-refractivity contribution in [1.82, 2.24) is 19.7 Å². The molecule has 0 aromatic carbocycles. The molecule has 1 aliphatic heterocycles. The number of likely N-dealkylation sites (tertiary alicyclic amines) is 1. The summed E-state index contributed by atoms with van der Waals surface area (Å²) >= 11 is 5.93. The van der Waals surface area contributed by atoms with Crippen LogP contribution in [0.25, 0.3) is 10.9 Å². The monoisotopic (exact) mass is 308 g/mol. The van der Waals surface area contributed by atoms with E-state index in [1.54, 1.807) is 23.4 Å². The molecule has 0 saturated carbocycles. The van der Waals surface area contributed by atoms with Crippen LogP contribution in [0.2, 0.25) is 5.15 Å². The second-order valence-corrected chi connectivity index (χ2v) is 6.58. The third-order valence-corrected chi connectivity index (χ3v) is 3.51. The first kappa shape index (κ1) is 14.1. The summed E-state index contributed by atoms with van der Waals surface area (Å²) in [7, 11) is 0. The van der Waals surface area contributed by atoms with Crippen LogP contribution in [0.1, 0.15) is 26.8 Å². The van der Waals surface area contributed by atoms with Crippen molar-refractivity contribution >= 4 is 28.6 Å². The minimum atomic E-state index is -0.472. The fourth-order valence-corrected chi connectivity index (χ4v) is 2.44. The van der Waals surface area contributed by atoms with E-state index in [2.05, 4.69) is 10.1 Å². The first-order valence-electron chi connectivity index (χ1n) is 6.80. The zero-order valence-corrected chi connectivity index (χ0v) is 13.0. The van der Waals surface area contributed by atoms with Gasteiger partial charge in [0.25, 0.3) is 0 Å². The Morgan fingerprint density at radius 1 is 1.38 bits per heavy atom. The van der Waals surface area contributed by atoms with Gasteiger partial charge in [-0.2, -0.15) is 5.10 Å². The lowest BCUT2D eigenvalue weighted by Crippen LogP contribution is -2.52. The average molecular weight is 309 g/mol. The number of ether oxygens (including phenoxy) is 1. The van der Waals surface area contributed by atoms with E-state index in [0.29, 0.717) is 18.2 Å². The molecule has 112 valence electrons. The highest BCUT2D eigenvalue weighted by Crippen LogP contribution is 2.27. The number of carbonyl (C=O) groups excluding carboxylic acids is 1. The number of halogens is 1. The van der Waals surface area contributed by atoms with Crippen LogP contribution in [0.5, 0.6) is 0 Å². The molecule has 6 nitrogen and oxygen atoms in total. The highest BCUT2D eigenvalue weighted by molar-refractivity contribution is 6.29. The molecule has 2 aromatic heterocycles. The number of carbonyl (C=O) groups is 1. The van der Waals surface area contributed by atoms with Gasteiger partial charge in [-0.3, -0.25) is 4.68 Å². The molecule has 7 heteroatoms. The summed E-state index contributed by atoms with van der Waals surface area (Å²) in [5, 5.41) is 5.74.